The van der Waals surface area contributed by atoms with E-state index in [1.807, 2.05) is 60.7 Å². The zero-order valence-electron chi connectivity index (χ0n) is 16.4. The van der Waals surface area contributed by atoms with Crippen molar-refractivity contribution in [3.63, 3.8) is 0 Å². The van der Waals surface area contributed by atoms with Gasteiger partial charge in [0, 0.05) is 11.1 Å². The Labute approximate surface area is 180 Å². The van der Waals surface area contributed by atoms with E-state index in [0.29, 0.717) is 23.1 Å². The number of nitrogens with zero attached hydrogens (tertiary/aromatic N) is 1. The Kier molecular flexibility index (Phi) is 7.64. The van der Waals surface area contributed by atoms with Crippen molar-refractivity contribution in [3.05, 3.63) is 101 Å². The number of ether oxygens (including phenoxy) is 2. The summed E-state index contributed by atoms with van der Waals surface area (Å²) in [6.45, 7) is 0.394. The molecule has 3 rings (SSSR count). The highest BCUT2D eigenvalue weighted by molar-refractivity contribution is 6.30. The number of halogens is 1. The Morgan fingerprint density at radius 1 is 1.00 bits per heavy atom. The molecule has 0 aliphatic carbocycles. The molecule has 0 aliphatic heterocycles. The zero-order chi connectivity index (χ0) is 21.2. The number of rotatable bonds is 8. The summed E-state index contributed by atoms with van der Waals surface area (Å²) in [7, 11) is 1.57. The van der Waals surface area contributed by atoms with Crippen molar-refractivity contribution in [1.29, 1.82) is 0 Å². The molecule has 5 nitrogen and oxygen atoms in total. The maximum atomic E-state index is 11.9. The van der Waals surface area contributed by atoms with Gasteiger partial charge >= 0.3 is 0 Å². The van der Waals surface area contributed by atoms with Gasteiger partial charge in [-0.05, 0) is 53.1 Å². The number of nitrogens with one attached hydrogen (secondary N) is 1. The van der Waals surface area contributed by atoms with E-state index in [2.05, 4.69) is 10.5 Å². The number of hydrogen-bond donors (Lipinski definition) is 1. The van der Waals surface area contributed by atoms with E-state index in [4.69, 9.17) is 21.1 Å². The molecule has 3 aromatic carbocycles. The molecule has 152 valence electrons. The molecular weight excluding hydrogens is 400 g/mol. The average molecular weight is 421 g/mol. The van der Waals surface area contributed by atoms with Crippen LogP contribution in [0.15, 0.2) is 84.0 Å². The number of hydrazone groups is 1. The first-order valence-electron chi connectivity index (χ1n) is 9.25. The Balaban J connectivity index is 1.56. The van der Waals surface area contributed by atoms with E-state index in [1.165, 1.54) is 6.08 Å². The molecule has 0 spiro atoms. The zero-order valence-corrected chi connectivity index (χ0v) is 17.2. The van der Waals surface area contributed by atoms with Crippen LogP contribution in [0.5, 0.6) is 11.5 Å². The van der Waals surface area contributed by atoms with Crippen molar-refractivity contribution >= 4 is 29.8 Å². The third-order valence-electron chi connectivity index (χ3n) is 4.11. The molecule has 3 aromatic rings. The van der Waals surface area contributed by atoms with Crippen LogP contribution >= 0.6 is 11.6 Å². The van der Waals surface area contributed by atoms with Crippen LogP contribution in [-0.2, 0) is 11.4 Å². The smallest absolute Gasteiger partial charge is 0.264 e. The quantitative estimate of drug-likeness (QED) is 0.313. The highest BCUT2D eigenvalue weighted by Crippen LogP contribution is 2.28. The Morgan fingerprint density at radius 3 is 2.50 bits per heavy atom. The predicted molar refractivity (Wildman–Crippen MR) is 120 cm³/mol. The summed E-state index contributed by atoms with van der Waals surface area (Å²) in [6, 6.07) is 22.4. The lowest BCUT2D eigenvalue weighted by Gasteiger charge is -2.11. The van der Waals surface area contributed by atoms with Gasteiger partial charge in [-0.3, -0.25) is 4.79 Å². The molecule has 30 heavy (non-hydrogen) atoms. The average Bonchev–Trinajstić information content (AvgIpc) is 2.78. The van der Waals surface area contributed by atoms with Gasteiger partial charge in [-0.1, -0.05) is 54.1 Å². The number of amides is 1. The van der Waals surface area contributed by atoms with Crippen LogP contribution in [0.3, 0.4) is 0 Å². The van der Waals surface area contributed by atoms with E-state index in [1.54, 1.807) is 31.5 Å². The molecule has 1 N–H and O–H groups in total. The fourth-order valence-electron chi connectivity index (χ4n) is 2.57. The number of hydrogen-bond acceptors (Lipinski definition) is 4. The van der Waals surface area contributed by atoms with Crippen LogP contribution in [0.4, 0.5) is 0 Å². The molecule has 0 aliphatic rings. The highest BCUT2D eigenvalue weighted by atomic mass is 35.5. The van der Waals surface area contributed by atoms with Gasteiger partial charge < -0.3 is 9.47 Å². The molecule has 0 heterocycles. The summed E-state index contributed by atoms with van der Waals surface area (Å²) in [5.74, 6) is 0.868. The van der Waals surface area contributed by atoms with Crippen molar-refractivity contribution in [2.75, 3.05) is 7.11 Å². The molecule has 6 heteroatoms. The summed E-state index contributed by atoms with van der Waals surface area (Å²) in [5.41, 5.74) is 5.17. The van der Waals surface area contributed by atoms with Crippen LogP contribution < -0.4 is 14.9 Å². The summed E-state index contributed by atoms with van der Waals surface area (Å²) >= 11 is 5.90. The minimum Gasteiger partial charge on any atom is -0.493 e. The number of carbonyl (C=O) groups is 1. The molecule has 0 radical (unpaired) electrons. The van der Waals surface area contributed by atoms with Crippen molar-refractivity contribution in [2.45, 2.75) is 6.61 Å². The Hall–Kier alpha value is -3.57. The van der Waals surface area contributed by atoms with Gasteiger partial charge in [-0.15, -0.1) is 0 Å². The Bertz CT molecular complexity index is 1030. The minimum absolute atomic E-state index is 0.315. The topological polar surface area (TPSA) is 59.9 Å². The third kappa shape index (κ3) is 6.50. The van der Waals surface area contributed by atoms with Gasteiger partial charge in [0.1, 0.15) is 6.61 Å². The van der Waals surface area contributed by atoms with Crippen LogP contribution in [0.25, 0.3) is 6.08 Å². The van der Waals surface area contributed by atoms with E-state index in [9.17, 15) is 4.79 Å². The second-order valence-corrected chi connectivity index (χ2v) is 6.74. The lowest BCUT2D eigenvalue weighted by atomic mass is 10.2. The molecular formula is C24H21ClN2O3. The van der Waals surface area contributed by atoms with Crippen LogP contribution in [-0.4, -0.2) is 19.2 Å². The first-order valence-corrected chi connectivity index (χ1v) is 9.63. The second-order valence-electron chi connectivity index (χ2n) is 6.30. The number of methoxy groups -OCH3 is 1. The van der Waals surface area contributed by atoms with Gasteiger partial charge in [0.05, 0.1) is 13.3 Å². The molecule has 0 fully saturated rings. The van der Waals surface area contributed by atoms with Crippen LogP contribution in [0, 0.1) is 0 Å². The standard InChI is InChI=1S/C24H21ClN2O3/c1-29-23-15-20(9-13-22(23)30-17-19-7-11-21(25)12-8-19)16-26-27-24(28)14-10-18-5-3-2-4-6-18/h2-16H,17H2,1H3,(H,27,28)/b14-10+,26-16+. The van der Waals surface area contributed by atoms with Gasteiger partial charge in [0.25, 0.3) is 5.91 Å². The van der Waals surface area contributed by atoms with Crippen LogP contribution in [0.1, 0.15) is 16.7 Å². The van der Waals surface area contributed by atoms with Gasteiger partial charge in [0.2, 0.25) is 0 Å². The Morgan fingerprint density at radius 2 is 1.77 bits per heavy atom. The van der Waals surface area contributed by atoms with Crippen LogP contribution in [0.2, 0.25) is 5.02 Å². The summed E-state index contributed by atoms with van der Waals surface area (Å²) < 4.78 is 11.2. The first kappa shape index (κ1) is 21.1. The number of benzene rings is 3. The third-order valence-corrected chi connectivity index (χ3v) is 4.36. The van der Waals surface area contributed by atoms with Crippen molar-refractivity contribution in [2.24, 2.45) is 5.10 Å². The van der Waals surface area contributed by atoms with Gasteiger partial charge in [-0.2, -0.15) is 5.10 Å². The molecule has 0 atom stereocenters. The monoisotopic (exact) mass is 420 g/mol. The summed E-state index contributed by atoms with van der Waals surface area (Å²) in [5, 5.41) is 4.66. The lowest BCUT2D eigenvalue weighted by molar-refractivity contribution is -0.116. The summed E-state index contributed by atoms with van der Waals surface area (Å²) in [4.78, 5) is 11.9. The fourth-order valence-corrected chi connectivity index (χ4v) is 2.70. The largest absolute Gasteiger partial charge is 0.493 e. The lowest BCUT2D eigenvalue weighted by Crippen LogP contribution is -2.14. The van der Waals surface area contributed by atoms with E-state index in [0.717, 1.165) is 16.7 Å². The molecule has 0 bridgehead atoms. The van der Waals surface area contributed by atoms with Gasteiger partial charge in [0.15, 0.2) is 11.5 Å². The highest BCUT2D eigenvalue weighted by Gasteiger charge is 2.06. The van der Waals surface area contributed by atoms with Crippen molar-refractivity contribution < 1.29 is 14.3 Å². The maximum Gasteiger partial charge on any atom is 0.264 e. The van der Waals surface area contributed by atoms with Gasteiger partial charge in [-0.25, -0.2) is 5.43 Å². The maximum absolute atomic E-state index is 11.9. The normalized spacial score (nSPS) is 11.0. The van der Waals surface area contributed by atoms with E-state index < -0.39 is 0 Å². The van der Waals surface area contributed by atoms with E-state index in [-0.39, 0.29) is 5.91 Å². The molecule has 0 unspecified atom stereocenters. The number of carbonyl (C=O) groups excluding carboxylic acids is 1. The van der Waals surface area contributed by atoms with Crippen molar-refractivity contribution in [1.82, 2.24) is 5.43 Å². The SMILES string of the molecule is COc1cc(/C=N/NC(=O)/C=C/c2ccccc2)ccc1OCc1ccc(Cl)cc1. The van der Waals surface area contributed by atoms with E-state index >= 15 is 0 Å². The molecule has 0 aromatic heterocycles. The first-order chi connectivity index (χ1) is 14.6. The molecule has 0 saturated heterocycles. The predicted octanol–water partition coefficient (Wildman–Crippen LogP) is 5.09. The second kappa shape index (κ2) is 10.8. The molecule has 1 amide bonds. The minimum atomic E-state index is -0.315. The van der Waals surface area contributed by atoms with Crippen molar-refractivity contribution in [3.8, 4) is 11.5 Å². The fraction of sp³-hybridized carbons (Fsp3) is 0.0833. The molecule has 0 saturated carbocycles. The summed E-state index contributed by atoms with van der Waals surface area (Å²) in [6.07, 6.45) is 4.70.